The lowest BCUT2D eigenvalue weighted by Crippen LogP contribution is -2.42. The molecule has 258 valence electrons. The molecule has 0 saturated heterocycles. The van der Waals surface area contributed by atoms with Gasteiger partial charge in [0.25, 0.3) is 0 Å². The minimum atomic E-state index is -0.255. The fraction of sp³-hybridized carbons (Fsp3) is 0.622. The Morgan fingerprint density at radius 2 is 1.20 bits per heavy atom. The zero-order valence-electron chi connectivity index (χ0n) is 29.6. The Hall–Kier alpha value is -3.14. The Bertz CT molecular complexity index is 1160. The van der Waals surface area contributed by atoms with Gasteiger partial charge >= 0.3 is 11.9 Å². The third kappa shape index (κ3) is 15.0. The van der Waals surface area contributed by atoms with Crippen LogP contribution < -0.4 is 15.2 Å². The van der Waals surface area contributed by atoms with Gasteiger partial charge in [0.05, 0.1) is 12.6 Å². The van der Waals surface area contributed by atoms with Gasteiger partial charge in [0, 0.05) is 24.9 Å². The Morgan fingerprint density at radius 3 is 1.65 bits per heavy atom. The van der Waals surface area contributed by atoms with Gasteiger partial charge in [0.1, 0.15) is 37.9 Å². The molecule has 1 atom stereocenters. The molecule has 2 rings (SSSR count). The van der Waals surface area contributed by atoms with E-state index in [0.29, 0.717) is 26.0 Å². The molecule has 2 N–H and O–H groups in total. The summed E-state index contributed by atoms with van der Waals surface area (Å²) in [5.74, 6) is 1.01. The number of carbonyl (C=O) groups is 2. The summed E-state index contributed by atoms with van der Waals surface area (Å²) in [5.41, 5.74) is 8.42. The summed E-state index contributed by atoms with van der Waals surface area (Å²) in [6.45, 7) is 16.4. The van der Waals surface area contributed by atoms with Crippen molar-refractivity contribution in [2.45, 2.75) is 85.2 Å². The third-order valence-electron chi connectivity index (χ3n) is 8.11. The average Bonchev–Trinajstić information content (AvgIpc) is 3.02. The molecule has 0 fully saturated rings. The van der Waals surface area contributed by atoms with Crippen molar-refractivity contribution >= 4 is 11.9 Å². The monoisotopic (exact) mass is 641 g/mol. The maximum Gasteiger partial charge on any atom is 0.307 e. The molecule has 0 aromatic heterocycles. The van der Waals surface area contributed by atoms with Crippen LogP contribution >= 0.6 is 0 Å². The van der Waals surface area contributed by atoms with E-state index in [1.54, 1.807) is 0 Å². The van der Waals surface area contributed by atoms with Gasteiger partial charge in [-0.2, -0.15) is 0 Å². The molecule has 9 nitrogen and oxygen atoms in total. The molecule has 0 amide bonds. The maximum absolute atomic E-state index is 12.2. The molecule has 0 aliphatic carbocycles. The van der Waals surface area contributed by atoms with Crippen molar-refractivity contribution in [2.75, 3.05) is 60.2 Å². The third-order valence-corrected chi connectivity index (χ3v) is 8.11. The largest absolute Gasteiger partial charge is 0.490 e. The van der Waals surface area contributed by atoms with Crippen LogP contribution in [-0.4, -0.2) is 88.1 Å². The van der Waals surface area contributed by atoms with E-state index in [-0.39, 0.29) is 48.8 Å². The second kappa shape index (κ2) is 19.5. The number of carbonyl (C=O) groups excluding carboxylic acids is 2. The Labute approximate surface area is 277 Å². The average molecular weight is 642 g/mol. The molecule has 0 bridgehead atoms. The summed E-state index contributed by atoms with van der Waals surface area (Å²) in [4.78, 5) is 28.4. The van der Waals surface area contributed by atoms with E-state index in [1.165, 1.54) is 0 Å². The summed E-state index contributed by atoms with van der Waals surface area (Å²) >= 11 is 0. The second-order valence-corrected chi connectivity index (χ2v) is 13.8. The predicted molar refractivity (Wildman–Crippen MR) is 184 cm³/mol. The van der Waals surface area contributed by atoms with E-state index in [9.17, 15) is 9.59 Å². The lowest BCUT2D eigenvalue weighted by Gasteiger charge is -2.26. The van der Waals surface area contributed by atoms with Crippen LogP contribution in [0.2, 0.25) is 0 Å². The van der Waals surface area contributed by atoms with E-state index in [1.807, 2.05) is 36.2 Å². The van der Waals surface area contributed by atoms with Crippen molar-refractivity contribution in [3.8, 4) is 11.5 Å². The SMILES string of the molecule is CCCN(C)CCC(N)N(C)CCC(=O)OCCOc1ccc(C(C)(C)c2ccc(OCCOC(=O)CCC(C)(C)C)cc2)cc1. The predicted octanol–water partition coefficient (Wildman–Crippen LogP) is 6.02. The lowest BCUT2D eigenvalue weighted by molar-refractivity contribution is -0.145. The first-order valence-corrected chi connectivity index (χ1v) is 16.6. The highest BCUT2D eigenvalue weighted by atomic mass is 16.6. The zero-order valence-corrected chi connectivity index (χ0v) is 29.6. The highest BCUT2D eigenvalue weighted by Crippen LogP contribution is 2.33. The summed E-state index contributed by atoms with van der Waals surface area (Å²) in [6, 6.07) is 16.0. The standard InChI is InChI=1S/C37H59N3O6/c1-9-22-39(7)23-19-33(38)40(8)24-20-35(42)46-28-26-44-32-16-12-30(13-17-32)37(5,6)29-10-14-31(15-11-29)43-25-27-45-34(41)18-21-36(2,3)4/h10-17,33H,9,18-28,38H2,1-8H3. The van der Waals surface area contributed by atoms with Crippen molar-refractivity contribution in [1.29, 1.82) is 0 Å². The summed E-state index contributed by atoms with van der Waals surface area (Å²) in [6.07, 6.45) is 3.39. The van der Waals surface area contributed by atoms with Crippen LogP contribution in [0, 0.1) is 5.41 Å². The molecule has 0 spiro atoms. The fourth-order valence-corrected chi connectivity index (χ4v) is 4.85. The molecular weight excluding hydrogens is 582 g/mol. The quantitative estimate of drug-likeness (QED) is 0.0996. The number of hydrogen-bond donors (Lipinski definition) is 1. The van der Waals surface area contributed by atoms with E-state index in [0.717, 1.165) is 55.0 Å². The topological polar surface area (TPSA) is 104 Å². The molecule has 1 unspecified atom stereocenters. The van der Waals surface area contributed by atoms with Crippen molar-refractivity contribution in [2.24, 2.45) is 11.1 Å². The van der Waals surface area contributed by atoms with Crippen molar-refractivity contribution in [3.05, 3.63) is 59.7 Å². The number of nitrogens with zero attached hydrogens (tertiary/aromatic N) is 2. The van der Waals surface area contributed by atoms with E-state index in [2.05, 4.69) is 77.8 Å². The minimum absolute atomic E-state index is 0.0884. The first-order chi connectivity index (χ1) is 21.7. The van der Waals surface area contributed by atoms with Gasteiger partial charge in [0.2, 0.25) is 0 Å². The molecule has 0 aliphatic heterocycles. The zero-order chi connectivity index (χ0) is 34.2. The Kier molecular flexibility index (Phi) is 16.6. The van der Waals surface area contributed by atoms with Crippen LogP contribution in [0.15, 0.2) is 48.5 Å². The normalized spacial score (nSPS) is 12.7. The Morgan fingerprint density at radius 1 is 0.717 bits per heavy atom. The first-order valence-electron chi connectivity index (χ1n) is 16.6. The number of hydrogen-bond acceptors (Lipinski definition) is 9. The number of rotatable bonds is 21. The summed E-state index contributed by atoms with van der Waals surface area (Å²) in [5, 5.41) is 0. The molecule has 9 heteroatoms. The lowest BCUT2D eigenvalue weighted by atomic mass is 9.78. The van der Waals surface area contributed by atoms with E-state index in [4.69, 9.17) is 24.7 Å². The molecule has 46 heavy (non-hydrogen) atoms. The smallest absolute Gasteiger partial charge is 0.307 e. The highest BCUT2D eigenvalue weighted by Gasteiger charge is 2.23. The van der Waals surface area contributed by atoms with Gasteiger partial charge in [0.15, 0.2) is 0 Å². The van der Waals surface area contributed by atoms with Crippen LogP contribution in [0.5, 0.6) is 11.5 Å². The number of benzene rings is 2. The fourth-order valence-electron chi connectivity index (χ4n) is 4.85. The van der Waals surface area contributed by atoms with Crippen molar-refractivity contribution in [1.82, 2.24) is 9.80 Å². The van der Waals surface area contributed by atoms with Crippen molar-refractivity contribution in [3.63, 3.8) is 0 Å². The van der Waals surface area contributed by atoms with Gasteiger partial charge in [-0.1, -0.05) is 65.8 Å². The molecule has 0 aliphatic rings. The minimum Gasteiger partial charge on any atom is -0.490 e. The van der Waals surface area contributed by atoms with Crippen LogP contribution in [0.1, 0.15) is 84.8 Å². The van der Waals surface area contributed by atoms with Gasteiger partial charge in [-0.3, -0.25) is 14.5 Å². The number of esters is 2. The Balaban J connectivity index is 1.70. The second-order valence-electron chi connectivity index (χ2n) is 13.8. The van der Waals surface area contributed by atoms with E-state index >= 15 is 0 Å². The van der Waals surface area contributed by atoms with Crippen LogP contribution in [0.3, 0.4) is 0 Å². The molecule has 2 aromatic rings. The summed E-state index contributed by atoms with van der Waals surface area (Å²) in [7, 11) is 4.04. The number of ether oxygens (including phenoxy) is 4. The van der Waals surface area contributed by atoms with Gasteiger partial charge in [-0.05, 0) is 80.7 Å². The molecule has 0 radical (unpaired) electrons. The molecule has 0 saturated carbocycles. The summed E-state index contributed by atoms with van der Waals surface area (Å²) < 4.78 is 22.2. The van der Waals surface area contributed by atoms with E-state index < -0.39 is 0 Å². The van der Waals surface area contributed by atoms with Crippen LogP contribution in [0.4, 0.5) is 0 Å². The van der Waals surface area contributed by atoms with Gasteiger partial charge in [-0.15, -0.1) is 0 Å². The number of nitrogens with two attached hydrogens (primary N) is 1. The van der Waals surface area contributed by atoms with Crippen LogP contribution in [-0.2, 0) is 24.5 Å². The highest BCUT2D eigenvalue weighted by molar-refractivity contribution is 5.69. The molecule has 2 aromatic carbocycles. The first kappa shape index (κ1) is 39.0. The molecule has 0 heterocycles. The van der Waals surface area contributed by atoms with Crippen molar-refractivity contribution < 1.29 is 28.5 Å². The maximum atomic E-state index is 12.2. The van der Waals surface area contributed by atoms with Gasteiger partial charge < -0.3 is 29.6 Å². The van der Waals surface area contributed by atoms with Gasteiger partial charge in [-0.25, -0.2) is 0 Å². The van der Waals surface area contributed by atoms with Crippen LogP contribution in [0.25, 0.3) is 0 Å². The molecular formula is C37H59N3O6.